The van der Waals surface area contributed by atoms with Gasteiger partial charge in [-0.15, -0.1) is 0 Å². The normalized spacial score (nSPS) is 10.4. The molecule has 1 N–H and O–H groups in total. The van der Waals surface area contributed by atoms with Crippen molar-refractivity contribution in [2.45, 2.75) is 6.42 Å². The van der Waals surface area contributed by atoms with Crippen LogP contribution in [-0.2, 0) is 6.42 Å². The lowest BCUT2D eigenvalue weighted by Crippen LogP contribution is -2.26. The molecule has 0 saturated heterocycles. The second-order valence-corrected chi connectivity index (χ2v) is 5.30. The SMILES string of the molecule is O=C(NCCc1ccccc1)c1cnc(-c2cccc(F)c2)nc1. The number of nitrogens with zero attached hydrogens (tertiary/aromatic N) is 2. The summed E-state index contributed by atoms with van der Waals surface area (Å²) in [5.74, 6) is -0.189. The minimum Gasteiger partial charge on any atom is -0.352 e. The Kier molecular flexibility index (Phi) is 4.91. The first kappa shape index (κ1) is 15.8. The van der Waals surface area contributed by atoms with Crippen molar-refractivity contribution in [1.29, 1.82) is 0 Å². The zero-order valence-corrected chi connectivity index (χ0v) is 12.9. The lowest BCUT2D eigenvalue weighted by atomic mass is 10.1. The summed E-state index contributed by atoms with van der Waals surface area (Å²) in [6, 6.07) is 16.0. The summed E-state index contributed by atoms with van der Waals surface area (Å²) in [5.41, 5.74) is 2.12. The van der Waals surface area contributed by atoms with Crippen molar-refractivity contribution in [2.24, 2.45) is 0 Å². The van der Waals surface area contributed by atoms with Crippen molar-refractivity contribution >= 4 is 5.91 Å². The first-order chi connectivity index (χ1) is 11.7. The zero-order chi connectivity index (χ0) is 16.8. The molecular formula is C19H16FN3O. The van der Waals surface area contributed by atoms with E-state index in [1.54, 1.807) is 12.1 Å². The van der Waals surface area contributed by atoms with Crippen LogP contribution >= 0.6 is 0 Å². The molecule has 0 aliphatic rings. The van der Waals surface area contributed by atoms with E-state index in [2.05, 4.69) is 15.3 Å². The number of carbonyl (C=O) groups is 1. The topological polar surface area (TPSA) is 54.9 Å². The molecule has 0 fully saturated rings. The molecule has 5 heteroatoms. The summed E-state index contributed by atoms with van der Waals surface area (Å²) in [6.45, 7) is 0.536. The molecule has 2 aromatic carbocycles. The van der Waals surface area contributed by atoms with Gasteiger partial charge in [0.25, 0.3) is 5.91 Å². The Morgan fingerprint density at radius 3 is 2.46 bits per heavy atom. The summed E-state index contributed by atoms with van der Waals surface area (Å²) < 4.78 is 13.2. The highest BCUT2D eigenvalue weighted by Crippen LogP contribution is 2.15. The number of rotatable bonds is 5. The number of carbonyl (C=O) groups excluding carboxylic acids is 1. The smallest absolute Gasteiger partial charge is 0.254 e. The second kappa shape index (κ2) is 7.46. The van der Waals surface area contributed by atoms with E-state index in [1.165, 1.54) is 24.5 Å². The molecule has 4 nitrogen and oxygen atoms in total. The first-order valence-electron chi connectivity index (χ1n) is 7.62. The van der Waals surface area contributed by atoms with E-state index in [-0.39, 0.29) is 11.7 Å². The molecule has 0 spiro atoms. The highest BCUT2D eigenvalue weighted by molar-refractivity contribution is 5.93. The fraction of sp³-hybridized carbons (Fsp3) is 0.105. The Morgan fingerprint density at radius 2 is 1.75 bits per heavy atom. The number of hydrogen-bond donors (Lipinski definition) is 1. The molecule has 1 heterocycles. The van der Waals surface area contributed by atoms with E-state index in [0.717, 1.165) is 12.0 Å². The van der Waals surface area contributed by atoms with E-state index in [1.807, 2.05) is 30.3 Å². The predicted octanol–water partition coefficient (Wildman–Crippen LogP) is 3.26. The van der Waals surface area contributed by atoms with Gasteiger partial charge in [0.1, 0.15) is 5.82 Å². The molecule has 0 radical (unpaired) electrons. The van der Waals surface area contributed by atoms with Crippen LogP contribution in [0.2, 0.25) is 0 Å². The quantitative estimate of drug-likeness (QED) is 0.785. The molecule has 3 aromatic rings. The summed E-state index contributed by atoms with van der Waals surface area (Å²) >= 11 is 0. The third kappa shape index (κ3) is 4.01. The largest absolute Gasteiger partial charge is 0.352 e. The van der Waals surface area contributed by atoms with Crippen LogP contribution in [0.1, 0.15) is 15.9 Å². The maximum absolute atomic E-state index is 13.2. The zero-order valence-electron chi connectivity index (χ0n) is 12.9. The molecule has 3 rings (SSSR count). The molecule has 0 aliphatic heterocycles. The summed E-state index contributed by atoms with van der Waals surface area (Å²) in [4.78, 5) is 20.4. The third-order valence-electron chi connectivity index (χ3n) is 3.54. The minimum absolute atomic E-state index is 0.225. The Labute approximate surface area is 139 Å². The van der Waals surface area contributed by atoms with Gasteiger partial charge in [-0.25, -0.2) is 14.4 Å². The van der Waals surface area contributed by atoms with Crippen LogP contribution in [0.15, 0.2) is 67.0 Å². The molecule has 0 saturated carbocycles. The van der Waals surface area contributed by atoms with Gasteiger partial charge < -0.3 is 5.32 Å². The van der Waals surface area contributed by atoms with Crippen LogP contribution in [0, 0.1) is 5.82 Å². The van der Waals surface area contributed by atoms with Crippen LogP contribution in [0.4, 0.5) is 4.39 Å². The lowest BCUT2D eigenvalue weighted by Gasteiger charge is -2.06. The van der Waals surface area contributed by atoms with Gasteiger partial charge in [0, 0.05) is 24.5 Å². The first-order valence-corrected chi connectivity index (χ1v) is 7.62. The molecule has 0 atom stereocenters. The highest BCUT2D eigenvalue weighted by atomic mass is 19.1. The molecule has 120 valence electrons. The fourth-order valence-electron chi connectivity index (χ4n) is 2.29. The molecule has 0 aliphatic carbocycles. The van der Waals surface area contributed by atoms with Gasteiger partial charge in [0.2, 0.25) is 0 Å². The Hall–Kier alpha value is -3.08. The van der Waals surface area contributed by atoms with Crippen molar-refractivity contribution in [2.75, 3.05) is 6.54 Å². The maximum Gasteiger partial charge on any atom is 0.254 e. The second-order valence-electron chi connectivity index (χ2n) is 5.30. The van der Waals surface area contributed by atoms with Gasteiger partial charge in [-0.2, -0.15) is 0 Å². The number of hydrogen-bond acceptors (Lipinski definition) is 3. The Bertz CT molecular complexity index is 820. The summed E-state index contributed by atoms with van der Waals surface area (Å²) in [7, 11) is 0. The lowest BCUT2D eigenvalue weighted by molar-refractivity contribution is 0.0953. The standard InChI is InChI=1S/C19H16FN3O/c20-17-8-4-7-15(11-17)18-22-12-16(13-23-18)19(24)21-10-9-14-5-2-1-3-6-14/h1-8,11-13H,9-10H2,(H,21,24). The summed E-state index contributed by atoms with van der Waals surface area (Å²) in [5, 5.41) is 2.84. The molecule has 0 unspecified atom stereocenters. The average Bonchev–Trinajstić information content (AvgIpc) is 2.63. The van der Waals surface area contributed by atoms with Gasteiger partial charge >= 0.3 is 0 Å². The van der Waals surface area contributed by atoms with Crippen LogP contribution in [0.25, 0.3) is 11.4 Å². The number of nitrogens with one attached hydrogen (secondary N) is 1. The molecular weight excluding hydrogens is 305 g/mol. The van der Waals surface area contributed by atoms with E-state index < -0.39 is 0 Å². The van der Waals surface area contributed by atoms with Gasteiger partial charge in [-0.1, -0.05) is 42.5 Å². The van der Waals surface area contributed by atoms with Crippen LogP contribution in [0.3, 0.4) is 0 Å². The highest BCUT2D eigenvalue weighted by Gasteiger charge is 2.08. The molecule has 24 heavy (non-hydrogen) atoms. The Balaban J connectivity index is 1.59. The average molecular weight is 321 g/mol. The van der Waals surface area contributed by atoms with Gasteiger partial charge in [-0.3, -0.25) is 4.79 Å². The van der Waals surface area contributed by atoms with Gasteiger partial charge in [-0.05, 0) is 24.1 Å². The van der Waals surface area contributed by atoms with Crippen molar-refractivity contribution in [3.63, 3.8) is 0 Å². The van der Waals surface area contributed by atoms with Crippen LogP contribution in [0.5, 0.6) is 0 Å². The Morgan fingerprint density at radius 1 is 1.00 bits per heavy atom. The third-order valence-corrected chi connectivity index (χ3v) is 3.54. The number of amides is 1. The van der Waals surface area contributed by atoms with E-state index in [9.17, 15) is 9.18 Å². The van der Waals surface area contributed by atoms with Crippen molar-refractivity contribution < 1.29 is 9.18 Å². The predicted molar refractivity (Wildman–Crippen MR) is 89.9 cm³/mol. The number of halogens is 1. The monoisotopic (exact) mass is 321 g/mol. The number of benzene rings is 2. The fourth-order valence-corrected chi connectivity index (χ4v) is 2.29. The summed E-state index contributed by atoms with van der Waals surface area (Å²) in [6.07, 6.45) is 3.66. The molecule has 0 bridgehead atoms. The van der Waals surface area contributed by atoms with Crippen molar-refractivity contribution in [3.8, 4) is 11.4 Å². The number of aromatic nitrogens is 2. The maximum atomic E-state index is 13.2. The molecule has 1 amide bonds. The van der Waals surface area contributed by atoms with Gasteiger partial charge in [0.15, 0.2) is 5.82 Å². The molecule has 1 aromatic heterocycles. The van der Waals surface area contributed by atoms with Crippen LogP contribution < -0.4 is 5.32 Å². The van der Waals surface area contributed by atoms with E-state index in [4.69, 9.17) is 0 Å². The van der Waals surface area contributed by atoms with E-state index in [0.29, 0.717) is 23.5 Å². The van der Waals surface area contributed by atoms with Crippen LogP contribution in [-0.4, -0.2) is 22.4 Å². The van der Waals surface area contributed by atoms with Crippen molar-refractivity contribution in [3.05, 3.63) is 83.9 Å². The van der Waals surface area contributed by atoms with Crippen molar-refractivity contribution in [1.82, 2.24) is 15.3 Å². The van der Waals surface area contributed by atoms with Gasteiger partial charge in [0.05, 0.1) is 5.56 Å². The minimum atomic E-state index is -0.348. The van der Waals surface area contributed by atoms with E-state index >= 15 is 0 Å².